The quantitative estimate of drug-likeness (QED) is 0.793. The lowest BCUT2D eigenvalue weighted by molar-refractivity contribution is 0.587. The van der Waals surface area contributed by atoms with Crippen LogP contribution in [0.25, 0.3) is 0 Å². The average Bonchev–Trinajstić information content (AvgIpc) is 2.93. The van der Waals surface area contributed by atoms with E-state index in [2.05, 4.69) is 29.2 Å². The predicted molar refractivity (Wildman–Crippen MR) is 64.0 cm³/mol. The Balaban J connectivity index is 1.84. The minimum absolute atomic E-state index is 0.620. The molecule has 4 nitrogen and oxygen atoms in total. The molecular formula is C12H22N4. The first-order valence-electron chi connectivity index (χ1n) is 6.24. The molecule has 0 spiro atoms. The molecule has 0 amide bonds. The molecule has 0 bridgehead atoms. The summed E-state index contributed by atoms with van der Waals surface area (Å²) in [6, 6.07) is 0. The Labute approximate surface area is 97.5 Å². The summed E-state index contributed by atoms with van der Waals surface area (Å²) in [5, 5.41) is 7.88. The third kappa shape index (κ3) is 3.30. The summed E-state index contributed by atoms with van der Waals surface area (Å²) in [7, 11) is 1.98. The second kappa shape index (κ2) is 4.95. The van der Waals surface area contributed by atoms with Crippen molar-refractivity contribution in [3.05, 3.63) is 11.6 Å². The minimum Gasteiger partial charge on any atom is -0.310 e. The topological polar surface area (TPSA) is 42.7 Å². The minimum atomic E-state index is 0.620. The van der Waals surface area contributed by atoms with E-state index in [1.807, 2.05) is 11.7 Å². The molecule has 0 atom stereocenters. The number of rotatable bonds is 6. The van der Waals surface area contributed by atoms with Crippen LogP contribution in [-0.4, -0.2) is 21.3 Å². The molecule has 1 fully saturated rings. The van der Waals surface area contributed by atoms with Crippen molar-refractivity contribution < 1.29 is 0 Å². The Kier molecular flexibility index (Phi) is 3.59. The van der Waals surface area contributed by atoms with Crippen molar-refractivity contribution in [1.29, 1.82) is 0 Å². The van der Waals surface area contributed by atoms with Gasteiger partial charge in [-0.05, 0) is 31.2 Å². The number of hydrogen-bond donors (Lipinski definition) is 1. The van der Waals surface area contributed by atoms with Gasteiger partial charge in [0.05, 0.1) is 6.54 Å². The van der Waals surface area contributed by atoms with Gasteiger partial charge in [-0.2, -0.15) is 5.10 Å². The molecule has 2 rings (SSSR count). The van der Waals surface area contributed by atoms with Crippen molar-refractivity contribution in [2.75, 3.05) is 6.54 Å². The van der Waals surface area contributed by atoms with Crippen LogP contribution in [-0.2, 0) is 20.0 Å². The molecule has 0 unspecified atom stereocenters. The average molecular weight is 222 g/mol. The van der Waals surface area contributed by atoms with Gasteiger partial charge in [-0.15, -0.1) is 0 Å². The van der Waals surface area contributed by atoms with Crippen molar-refractivity contribution in [3.8, 4) is 0 Å². The number of aryl methyl sites for hydroxylation is 1. The summed E-state index contributed by atoms with van der Waals surface area (Å²) in [6.07, 6.45) is 3.76. The number of hydrogen-bond acceptors (Lipinski definition) is 3. The zero-order valence-corrected chi connectivity index (χ0v) is 10.5. The summed E-state index contributed by atoms with van der Waals surface area (Å²) >= 11 is 0. The van der Waals surface area contributed by atoms with Crippen molar-refractivity contribution in [1.82, 2.24) is 20.1 Å². The van der Waals surface area contributed by atoms with E-state index in [0.717, 1.165) is 37.1 Å². The molecule has 1 saturated carbocycles. The highest BCUT2D eigenvalue weighted by atomic mass is 15.3. The summed E-state index contributed by atoms with van der Waals surface area (Å²) in [5.74, 6) is 3.56. The summed E-state index contributed by atoms with van der Waals surface area (Å²) in [5.41, 5.74) is 0. The van der Waals surface area contributed by atoms with E-state index < -0.39 is 0 Å². The van der Waals surface area contributed by atoms with Gasteiger partial charge in [0, 0.05) is 13.5 Å². The van der Waals surface area contributed by atoms with E-state index in [9.17, 15) is 0 Å². The molecule has 1 aliphatic carbocycles. The molecule has 1 aliphatic rings. The zero-order chi connectivity index (χ0) is 11.5. The molecule has 0 aliphatic heterocycles. The Hall–Kier alpha value is -0.900. The highest BCUT2D eigenvalue weighted by molar-refractivity contribution is 4.93. The molecule has 1 heterocycles. The van der Waals surface area contributed by atoms with Crippen molar-refractivity contribution in [2.45, 2.75) is 39.7 Å². The van der Waals surface area contributed by atoms with Crippen molar-refractivity contribution >= 4 is 0 Å². The van der Waals surface area contributed by atoms with Crippen LogP contribution in [0.3, 0.4) is 0 Å². The maximum Gasteiger partial charge on any atom is 0.151 e. The Bertz CT molecular complexity index is 339. The third-order valence-corrected chi connectivity index (χ3v) is 2.90. The lowest BCUT2D eigenvalue weighted by Gasteiger charge is -2.01. The van der Waals surface area contributed by atoms with Crippen LogP contribution in [0.1, 0.15) is 38.3 Å². The van der Waals surface area contributed by atoms with Gasteiger partial charge in [0.1, 0.15) is 5.82 Å². The second-order valence-corrected chi connectivity index (χ2v) is 5.24. The van der Waals surface area contributed by atoms with E-state index in [0.29, 0.717) is 5.92 Å². The van der Waals surface area contributed by atoms with Crippen LogP contribution in [0.15, 0.2) is 0 Å². The Morgan fingerprint density at radius 3 is 2.81 bits per heavy atom. The summed E-state index contributed by atoms with van der Waals surface area (Å²) < 4.78 is 1.90. The first-order chi connectivity index (χ1) is 7.65. The molecule has 0 saturated heterocycles. The number of nitrogens with one attached hydrogen (secondary N) is 1. The lowest BCUT2D eigenvalue weighted by atomic mass is 10.1. The van der Waals surface area contributed by atoms with Crippen molar-refractivity contribution in [3.63, 3.8) is 0 Å². The first-order valence-corrected chi connectivity index (χ1v) is 6.24. The molecule has 1 aromatic heterocycles. The molecule has 90 valence electrons. The van der Waals surface area contributed by atoms with Gasteiger partial charge in [0.15, 0.2) is 5.82 Å². The predicted octanol–water partition coefficient (Wildman–Crippen LogP) is 1.51. The number of nitrogens with zero attached hydrogens (tertiary/aromatic N) is 3. The number of aromatic nitrogens is 3. The Morgan fingerprint density at radius 2 is 2.19 bits per heavy atom. The molecule has 1 N–H and O–H groups in total. The standard InChI is InChI=1S/C12H22N4/c1-9(2)6-11-14-12(16(3)15-11)8-13-7-10-4-5-10/h9-10,13H,4-8H2,1-3H3. The fourth-order valence-electron chi connectivity index (χ4n) is 1.79. The van der Waals surface area contributed by atoms with Gasteiger partial charge in [-0.25, -0.2) is 4.98 Å². The molecule has 16 heavy (non-hydrogen) atoms. The van der Waals surface area contributed by atoms with Crippen LogP contribution in [0.5, 0.6) is 0 Å². The maximum atomic E-state index is 4.56. The highest BCUT2D eigenvalue weighted by Gasteiger charge is 2.20. The zero-order valence-electron chi connectivity index (χ0n) is 10.5. The maximum absolute atomic E-state index is 4.56. The van der Waals surface area contributed by atoms with Gasteiger partial charge >= 0.3 is 0 Å². The lowest BCUT2D eigenvalue weighted by Crippen LogP contribution is -2.18. The largest absolute Gasteiger partial charge is 0.310 e. The molecule has 1 aromatic rings. The first kappa shape index (κ1) is 11.6. The second-order valence-electron chi connectivity index (χ2n) is 5.24. The van der Waals surface area contributed by atoms with Gasteiger partial charge in [-0.1, -0.05) is 13.8 Å². The molecule has 0 aromatic carbocycles. The SMILES string of the molecule is CC(C)Cc1nc(CNCC2CC2)n(C)n1. The van der Waals surface area contributed by atoms with Crippen LogP contribution < -0.4 is 5.32 Å². The highest BCUT2D eigenvalue weighted by Crippen LogP contribution is 2.27. The smallest absolute Gasteiger partial charge is 0.151 e. The van der Waals surface area contributed by atoms with Gasteiger partial charge in [-0.3, -0.25) is 4.68 Å². The molecular weight excluding hydrogens is 200 g/mol. The fourth-order valence-corrected chi connectivity index (χ4v) is 1.79. The monoisotopic (exact) mass is 222 g/mol. The third-order valence-electron chi connectivity index (χ3n) is 2.90. The summed E-state index contributed by atoms with van der Waals surface area (Å²) in [4.78, 5) is 4.56. The van der Waals surface area contributed by atoms with E-state index >= 15 is 0 Å². The Morgan fingerprint density at radius 1 is 1.44 bits per heavy atom. The van der Waals surface area contributed by atoms with Gasteiger partial charge in [0.25, 0.3) is 0 Å². The molecule has 0 radical (unpaired) electrons. The molecule has 4 heteroatoms. The van der Waals surface area contributed by atoms with Gasteiger partial charge in [0.2, 0.25) is 0 Å². The summed E-state index contributed by atoms with van der Waals surface area (Å²) in [6.45, 7) is 6.37. The normalized spacial score (nSPS) is 16.0. The van der Waals surface area contributed by atoms with Gasteiger partial charge < -0.3 is 5.32 Å². The van der Waals surface area contributed by atoms with E-state index in [4.69, 9.17) is 0 Å². The van der Waals surface area contributed by atoms with E-state index in [1.54, 1.807) is 0 Å². The van der Waals surface area contributed by atoms with Crippen LogP contribution in [0.2, 0.25) is 0 Å². The van der Waals surface area contributed by atoms with Crippen LogP contribution in [0.4, 0.5) is 0 Å². The van der Waals surface area contributed by atoms with E-state index in [1.165, 1.54) is 12.8 Å². The van der Waals surface area contributed by atoms with Crippen LogP contribution >= 0.6 is 0 Å². The van der Waals surface area contributed by atoms with Crippen LogP contribution in [0, 0.1) is 11.8 Å². The van der Waals surface area contributed by atoms with E-state index in [-0.39, 0.29) is 0 Å². The van der Waals surface area contributed by atoms with Crippen molar-refractivity contribution in [2.24, 2.45) is 18.9 Å². The fraction of sp³-hybridized carbons (Fsp3) is 0.833.